The van der Waals surface area contributed by atoms with Gasteiger partial charge < -0.3 is 4.90 Å². The lowest BCUT2D eigenvalue weighted by atomic mass is 9.75. The molecular formula is C25H24N4O5. The molecule has 4 atom stereocenters. The highest BCUT2D eigenvalue weighted by molar-refractivity contribution is 6.26. The topological polar surface area (TPSA) is 104 Å². The van der Waals surface area contributed by atoms with Gasteiger partial charge in [-0.2, -0.15) is 0 Å². The molecule has 9 heteroatoms. The first-order chi connectivity index (χ1) is 16.4. The first-order valence-corrected chi connectivity index (χ1v) is 11.7. The minimum Gasteiger partial charge on any atom is -0.310 e. The summed E-state index contributed by atoms with van der Waals surface area (Å²) < 4.78 is 0. The molecule has 0 unspecified atom stereocenters. The highest BCUT2D eigenvalue weighted by atomic mass is 16.6. The Morgan fingerprint density at radius 3 is 2.53 bits per heavy atom. The Bertz CT molecular complexity index is 1290. The number of fused-ring (bicyclic) bond motifs is 7. The van der Waals surface area contributed by atoms with Gasteiger partial charge in [0.15, 0.2) is 0 Å². The average Bonchev–Trinajstić information content (AvgIpc) is 3.52. The van der Waals surface area contributed by atoms with Gasteiger partial charge in [-0.1, -0.05) is 24.3 Å². The van der Waals surface area contributed by atoms with Crippen molar-refractivity contribution in [2.24, 2.45) is 11.8 Å². The van der Waals surface area contributed by atoms with Crippen LogP contribution in [0.1, 0.15) is 30.9 Å². The van der Waals surface area contributed by atoms with Crippen molar-refractivity contribution in [2.75, 3.05) is 22.9 Å². The fraction of sp³-hybridized carbons (Fsp3) is 0.400. The van der Waals surface area contributed by atoms with Crippen molar-refractivity contribution in [1.29, 1.82) is 0 Å². The number of amides is 3. The molecule has 0 aromatic heterocycles. The number of imide groups is 1. The van der Waals surface area contributed by atoms with Gasteiger partial charge in [-0.3, -0.25) is 29.4 Å². The zero-order valence-corrected chi connectivity index (χ0v) is 18.9. The molecule has 34 heavy (non-hydrogen) atoms. The van der Waals surface area contributed by atoms with Crippen LogP contribution in [0.25, 0.3) is 0 Å². The monoisotopic (exact) mass is 460 g/mol. The summed E-state index contributed by atoms with van der Waals surface area (Å²) in [5.41, 5.74) is 0.678. The molecule has 0 radical (unpaired) electrons. The first-order valence-electron chi connectivity index (χ1n) is 11.7. The standard InChI is InChI=1S/C25H24N4O5/c1-3-26-18-9-5-4-8-15(18)25(24(26)32)21-20(19-12-7-13-27(19)25)22(30)28(23(21)31)16-10-6-11-17(14(16)2)29(33)34/h4-6,8-11,19-21H,3,7,12-13H2,1-2H3/t19-,20-,21-,25+/m1/s1. The van der Waals surface area contributed by atoms with Gasteiger partial charge in [0.05, 0.1) is 28.0 Å². The summed E-state index contributed by atoms with van der Waals surface area (Å²) in [7, 11) is 0. The van der Waals surface area contributed by atoms with Crippen molar-refractivity contribution in [3.63, 3.8) is 0 Å². The molecule has 3 saturated heterocycles. The summed E-state index contributed by atoms with van der Waals surface area (Å²) in [6, 6.07) is 11.7. The van der Waals surface area contributed by atoms with Crippen molar-refractivity contribution in [3.05, 3.63) is 63.7 Å². The minimum absolute atomic E-state index is 0.146. The number of anilines is 2. The Hall–Kier alpha value is -3.59. The van der Waals surface area contributed by atoms with Crippen molar-refractivity contribution in [1.82, 2.24) is 4.90 Å². The molecule has 2 aromatic rings. The Labute approximate surface area is 196 Å². The third-order valence-electron chi connectivity index (χ3n) is 8.18. The van der Waals surface area contributed by atoms with Gasteiger partial charge in [-0.05, 0) is 45.4 Å². The number of carbonyl (C=O) groups excluding carboxylic acids is 3. The second-order valence-electron chi connectivity index (χ2n) is 9.43. The zero-order chi connectivity index (χ0) is 23.9. The van der Waals surface area contributed by atoms with Crippen LogP contribution < -0.4 is 9.80 Å². The van der Waals surface area contributed by atoms with Crippen LogP contribution >= 0.6 is 0 Å². The normalized spacial score (nSPS) is 29.8. The van der Waals surface area contributed by atoms with Gasteiger partial charge in [-0.25, -0.2) is 4.90 Å². The zero-order valence-electron chi connectivity index (χ0n) is 18.9. The number of rotatable bonds is 3. The molecule has 4 aliphatic rings. The second kappa shape index (κ2) is 6.96. The van der Waals surface area contributed by atoms with Gasteiger partial charge in [0.2, 0.25) is 11.8 Å². The lowest BCUT2D eigenvalue weighted by Gasteiger charge is -2.37. The maximum absolute atomic E-state index is 14.1. The van der Waals surface area contributed by atoms with E-state index >= 15 is 0 Å². The van der Waals surface area contributed by atoms with E-state index in [-0.39, 0.29) is 34.8 Å². The van der Waals surface area contributed by atoms with Crippen LogP contribution in [-0.4, -0.2) is 46.7 Å². The molecule has 0 saturated carbocycles. The predicted molar refractivity (Wildman–Crippen MR) is 123 cm³/mol. The van der Waals surface area contributed by atoms with Gasteiger partial charge in [0.25, 0.3) is 11.6 Å². The Balaban J connectivity index is 1.56. The summed E-state index contributed by atoms with van der Waals surface area (Å²) in [4.78, 5) is 58.0. The van der Waals surface area contributed by atoms with E-state index in [0.29, 0.717) is 13.1 Å². The summed E-state index contributed by atoms with van der Waals surface area (Å²) in [5, 5.41) is 11.5. The summed E-state index contributed by atoms with van der Waals surface area (Å²) in [6.07, 6.45) is 1.57. The van der Waals surface area contributed by atoms with Crippen LogP contribution in [0.15, 0.2) is 42.5 Å². The summed E-state index contributed by atoms with van der Waals surface area (Å²) >= 11 is 0. The number of likely N-dealkylation sites (N-methyl/N-ethyl adjacent to an activating group) is 1. The fourth-order valence-corrected chi connectivity index (χ4v) is 6.94. The number of benzene rings is 2. The average molecular weight is 460 g/mol. The van der Waals surface area contributed by atoms with E-state index in [4.69, 9.17) is 0 Å². The molecule has 3 fully saturated rings. The maximum atomic E-state index is 14.1. The molecule has 3 amide bonds. The van der Waals surface area contributed by atoms with Gasteiger partial charge in [0.1, 0.15) is 5.54 Å². The Morgan fingerprint density at radius 2 is 1.79 bits per heavy atom. The van der Waals surface area contributed by atoms with E-state index in [1.165, 1.54) is 12.1 Å². The highest BCUT2D eigenvalue weighted by Crippen LogP contribution is 2.62. The molecule has 0 bridgehead atoms. The molecule has 1 spiro atoms. The molecule has 174 valence electrons. The smallest absolute Gasteiger partial charge is 0.274 e. The highest BCUT2D eigenvalue weighted by Gasteiger charge is 2.75. The quantitative estimate of drug-likeness (QED) is 0.396. The maximum Gasteiger partial charge on any atom is 0.274 e. The third-order valence-corrected chi connectivity index (χ3v) is 8.18. The van der Waals surface area contributed by atoms with Crippen molar-refractivity contribution in [2.45, 2.75) is 38.3 Å². The van der Waals surface area contributed by atoms with Crippen LogP contribution in [0.5, 0.6) is 0 Å². The summed E-state index contributed by atoms with van der Waals surface area (Å²) in [6.45, 7) is 4.56. The molecule has 0 aliphatic carbocycles. The molecule has 2 aromatic carbocycles. The molecular weight excluding hydrogens is 436 g/mol. The largest absolute Gasteiger partial charge is 0.310 e. The number of nitro groups is 1. The number of nitro benzene ring substituents is 1. The van der Waals surface area contributed by atoms with Crippen LogP contribution in [0.2, 0.25) is 0 Å². The Kier molecular flexibility index (Phi) is 4.29. The molecule has 0 N–H and O–H groups in total. The minimum atomic E-state index is -1.23. The Morgan fingerprint density at radius 1 is 1.06 bits per heavy atom. The molecule has 9 nitrogen and oxygen atoms in total. The van der Waals surface area contributed by atoms with Crippen molar-refractivity contribution < 1.29 is 19.3 Å². The lowest BCUT2D eigenvalue weighted by Crippen LogP contribution is -2.56. The van der Waals surface area contributed by atoms with E-state index in [1.807, 2.05) is 31.2 Å². The van der Waals surface area contributed by atoms with E-state index in [9.17, 15) is 24.5 Å². The first kappa shape index (κ1) is 21.0. The predicted octanol–water partition coefficient (Wildman–Crippen LogP) is 2.75. The van der Waals surface area contributed by atoms with Crippen molar-refractivity contribution >= 4 is 34.8 Å². The van der Waals surface area contributed by atoms with Crippen LogP contribution in [0.4, 0.5) is 17.1 Å². The van der Waals surface area contributed by atoms with E-state index < -0.39 is 28.2 Å². The van der Waals surface area contributed by atoms with Crippen LogP contribution in [0, 0.1) is 28.9 Å². The molecule has 6 rings (SSSR count). The number of carbonyl (C=O) groups is 3. The lowest BCUT2D eigenvalue weighted by molar-refractivity contribution is -0.385. The van der Waals surface area contributed by atoms with Crippen LogP contribution in [0.3, 0.4) is 0 Å². The number of hydrogen-bond acceptors (Lipinski definition) is 6. The number of nitrogens with zero attached hydrogens (tertiary/aromatic N) is 4. The van der Waals surface area contributed by atoms with Gasteiger partial charge in [0, 0.05) is 29.9 Å². The third kappa shape index (κ3) is 2.25. The van der Waals surface area contributed by atoms with E-state index in [2.05, 4.69) is 4.90 Å². The SMILES string of the molecule is CCN1C(=O)[C@]2(c3ccccc31)[C@H]1C(=O)N(c3cccc([N+](=O)[O-])c3C)C(=O)[C@@H]1[C@H]1CCCN12. The van der Waals surface area contributed by atoms with E-state index in [1.54, 1.807) is 17.9 Å². The summed E-state index contributed by atoms with van der Waals surface area (Å²) in [5.74, 6) is -2.51. The van der Waals surface area contributed by atoms with Gasteiger partial charge in [-0.15, -0.1) is 0 Å². The van der Waals surface area contributed by atoms with Gasteiger partial charge >= 0.3 is 0 Å². The number of para-hydroxylation sites is 1. The van der Waals surface area contributed by atoms with Crippen LogP contribution in [-0.2, 0) is 19.9 Å². The fourth-order valence-electron chi connectivity index (χ4n) is 6.94. The number of hydrogen-bond donors (Lipinski definition) is 0. The van der Waals surface area contributed by atoms with E-state index in [0.717, 1.165) is 29.0 Å². The second-order valence-corrected chi connectivity index (χ2v) is 9.43. The molecule has 4 aliphatic heterocycles. The molecule has 4 heterocycles. The van der Waals surface area contributed by atoms with Crippen molar-refractivity contribution in [3.8, 4) is 0 Å².